The molecule has 1 atom stereocenters. The zero-order valence-electron chi connectivity index (χ0n) is 15.6. The summed E-state index contributed by atoms with van der Waals surface area (Å²) in [6, 6.07) is 10.5. The molecule has 0 amide bonds. The van der Waals surface area contributed by atoms with Crippen LogP contribution in [0, 0.1) is 5.82 Å². The smallest absolute Gasteiger partial charge is 0.248 e. The van der Waals surface area contributed by atoms with E-state index < -0.39 is 5.82 Å². The number of nitrogens with zero attached hydrogens (tertiary/aromatic N) is 2. The number of nitrogens with two attached hydrogens (primary N) is 1. The lowest BCUT2D eigenvalue weighted by Crippen LogP contribution is -2.45. The van der Waals surface area contributed by atoms with E-state index in [2.05, 4.69) is 16.3 Å². The predicted molar refractivity (Wildman–Crippen MR) is 102 cm³/mol. The summed E-state index contributed by atoms with van der Waals surface area (Å²) >= 11 is 0. The van der Waals surface area contributed by atoms with Gasteiger partial charge in [-0.2, -0.15) is 0 Å². The van der Waals surface area contributed by atoms with Gasteiger partial charge in [-0.25, -0.2) is 4.39 Å². The fraction of sp³-hybridized carbons (Fsp3) is 0.333. The zero-order chi connectivity index (χ0) is 19.7. The normalized spacial score (nSPS) is 18.7. The molecule has 1 aromatic heterocycles. The Kier molecular flexibility index (Phi) is 4.87. The van der Waals surface area contributed by atoms with Gasteiger partial charge in [-0.3, -0.25) is 0 Å². The molecule has 1 heterocycles. The number of ether oxygens (including phenoxy) is 1. The molecule has 1 aliphatic rings. The van der Waals surface area contributed by atoms with Crippen molar-refractivity contribution >= 4 is 0 Å². The van der Waals surface area contributed by atoms with Gasteiger partial charge < -0.3 is 20.0 Å². The SMILES string of the molecule is COc1ccc(-c2nnc(-c3ccc4c(c3)C[C@](N)(CCO)CC4)o2)cc1F. The number of aliphatic hydroxyl groups is 1. The Labute approximate surface area is 162 Å². The van der Waals surface area contributed by atoms with E-state index in [0.717, 1.165) is 24.0 Å². The minimum atomic E-state index is -0.489. The Balaban J connectivity index is 1.62. The first-order valence-corrected chi connectivity index (χ1v) is 9.21. The quantitative estimate of drug-likeness (QED) is 0.703. The summed E-state index contributed by atoms with van der Waals surface area (Å²) in [5.41, 5.74) is 9.71. The van der Waals surface area contributed by atoms with Crippen LogP contribution in [0.25, 0.3) is 22.9 Å². The Bertz CT molecular complexity index is 1000. The lowest BCUT2D eigenvalue weighted by atomic mass is 9.76. The van der Waals surface area contributed by atoms with Crippen molar-refractivity contribution in [3.05, 3.63) is 53.3 Å². The lowest BCUT2D eigenvalue weighted by molar-refractivity contribution is 0.225. The molecule has 28 heavy (non-hydrogen) atoms. The van der Waals surface area contributed by atoms with Gasteiger partial charge in [0.1, 0.15) is 0 Å². The van der Waals surface area contributed by atoms with Crippen molar-refractivity contribution in [1.29, 1.82) is 0 Å². The average molecular weight is 383 g/mol. The second kappa shape index (κ2) is 7.33. The van der Waals surface area contributed by atoms with Crippen molar-refractivity contribution in [3.63, 3.8) is 0 Å². The van der Waals surface area contributed by atoms with Gasteiger partial charge in [0.2, 0.25) is 11.8 Å². The summed E-state index contributed by atoms with van der Waals surface area (Å²) < 4.78 is 24.6. The molecule has 146 valence electrons. The fourth-order valence-electron chi connectivity index (χ4n) is 3.71. The number of halogens is 1. The van der Waals surface area contributed by atoms with Crippen LogP contribution in [0.5, 0.6) is 5.75 Å². The average Bonchev–Trinajstić information content (AvgIpc) is 3.17. The number of rotatable bonds is 5. The Morgan fingerprint density at radius 1 is 1.14 bits per heavy atom. The number of aryl methyl sites for hydroxylation is 1. The molecule has 0 radical (unpaired) electrons. The van der Waals surface area contributed by atoms with Crippen molar-refractivity contribution in [2.75, 3.05) is 13.7 Å². The number of fused-ring (bicyclic) bond motifs is 1. The maximum absolute atomic E-state index is 13.9. The van der Waals surface area contributed by atoms with E-state index in [-0.39, 0.29) is 23.8 Å². The Morgan fingerprint density at radius 2 is 1.86 bits per heavy atom. The van der Waals surface area contributed by atoms with Crippen molar-refractivity contribution in [1.82, 2.24) is 10.2 Å². The van der Waals surface area contributed by atoms with E-state index in [0.29, 0.717) is 24.3 Å². The van der Waals surface area contributed by atoms with E-state index in [4.69, 9.17) is 14.9 Å². The highest BCUT2D eigenvalue weighted by molar-refractivity contribution is 5.60. The third-order valence-corrected chi connectivity index (χ3v) is 5.32. The summed E-state index contributed by atoms with van der Waals surface area (Å²) in [6.45, 7) is 0.0803. The number of methoxy groups -OCH3 is 1. The second-order valence-electron chi connectivity index (χ2n) is 7.26. The van der Waals surface area contributed by atoms with Crippen molar-refractivity contribution in [2.24, 2.45) is 5.73 Å². The molecule has 0 unspecified atom stereocenters. The first kappa shape index (κ1) is 18.6. The van der Waals surface area contributed by atoms with Gasteiger partial charge in [0.15, 0.2) is 11.6 Å². The highest BCUT2D eigenvalue weighted by Crippen LogP contribution is 2.33. The highest BCUT2D eigenvalue weighted by atomic mass is 19.1. The largest absolute Gasteiger partial charge is 0.494 e. The van der Waals surface area contributed by atoms with Crippen LogP contribution in [0.3, 0.4) is 0 Å². The number of hydrogen-bond donors (Lipinski definition) is 2. The Morgan fingerprint density at radius 3 is 2.54 bits per heavy atom. The van der Waals surface area contributed by atoms with Crippen LogP contribution in [0.1, 0.15) is 24.0 Å². The minimum Gasteiger partial charge on any atom is -0.494 e. The van der Waals surface area contributed by atoms with Gasteiger partial charge in [0.25, 0.3) is 0 Å². The molecule has 0 aliphatic heterocycles. The fourth-order valence-corrected chi connectivity index (χ4v) is 3.71. The van der Waals surface area contributed by atoms with Crippen molar-refractivity contribution in [3.8, 4) is 28.7 Å². The third kappa shape index (κ3) is 3.50. The molecule has 0 saturated heterocycles. The van der Waals surface area contributed by atoms with Crippen LogP contribution < -0.4 is 10.5 Å². The molecule has 3 N–H and O–H groups in total. The summed E-state index contributed by atoms with van der Waals surface area (Å²) in [5.74, 6) is 0.273. The van der Waals surface area contributed by atoms with Gasteiger partial charge in [-0.15, -0.1) is 10.2 Å². The van der Waals surface area contributed by atoms with Crippen molar-refractivity contribution in [2.45, 2.75) is 31.2 Å². The second-order valence-corrected chi connectivity index (χ2v) is 7.26. The maximum atomic E-state index is 13.9. The number of aliphatic hydroxyl groups excluding tert-OH is 1. The van der Waals surface area contributed by atoms with E-state index in [9.17, 15) is 9.50 Å². The molecule has 4 rings (SSSR count). The molecule has 0 fully saturated rings. The molecule has 0 saturated carbocycles. The molecule has 1 aliphatic carbocycles. The topological polar surface area (TPSA) is 94.4 Å². The molecular weight excluding hydrogens is 361 g/mol. The van der Waals surface area contributed by atoms with Gasteiger partial charge in [-0.1, -0.05) is 6.07 Å². The molecule has 2 aromatic carbocycles. The molecule has 0 bridgehead atoms. The molecule has 6 nitrogen and oxygen atoms in total. The standard InChI is InChI=1S/C21H22FN3O3/c1-27-18-5-4-15(11-17(18)22)20-25-24-19(28-20)14-3-2-13-6-7-21(23,8-9-26)12-16(13)10-14/h2-5,10-11,26H,6-9,12,23H2,1H3/t21-/m1/s1. The van der Waals surface area contributed by atoms with E-state index >= 15 is 0 Å². The van der Waals surface area contributed by atoms with E-state index in [1.165, 1.54) is 24.8 Å². The number of hydrogen-bond acceptors (Lipinski definition) is 6. The monoisotopic (exact) mass is 383 g/mol. The van der Waals surface area contributed by atoms with Crippen LogP contribution >= 0.6 is 0 Å². The number of aromatic nitrogens is 2. The molecule has 3 aromatic rings. The molecule has 7 heteroatoms. The van der Waals surface area contributed by atoms with E-state index in [1.54, 1.807) is 6.07 Å². The predicted octanol–water partition coefficient (Wildman–Crippen LogP) is 3.12. The third-order valence-electron chi connectivity index (χ3n) is 5.32. The first-order valence-electron chi connectivity index (χ1n) is 9.21. The lowest BCUT2D eigenvalue weighted by Gasteiger charge is -2.34. The van der Waals surface area contributed by atoms with Crippen LogP contribution in [0.4, 0.5) is 4.39 Å². The summed E-state index contributed by atoms with van der Waals surface area (Å²) in [7, 11) is 1.41. The number of benzene rings is 2. The Hall–Kier alpha value is -2.77. The minimum absolute atomic E-state index is 0.0803. The highest BCUT2D eigenvalue weighted by Gasteiger charge is 2.30. The van der Waals surface area contributed by atoms with Crippen LogP contribution in [0.15, 0.2) is 40.8 Å². The van der Waals surface area contributed by atoms with Gasteiger partial charge in [0.05, 0.1) is 7.11 Å². The maximum Gasteiger partial charge on any atom is 0.248 e. The van der Waals surface area contributed by atoms with Gasteiger partial charge in [0, 0.05) is 23.3 Å². The zero-order valence-corrected chi connectivity index (χ0v) is 15.6. The summed E-state index contributed by atoms with van der Waals surface area (Å²) in [5, 5.41) is 17.4. The van der Waals surface area contributed by atoms with Crippen LogP contribution in [-0.4, -0.2) is 34.6 Å². The van der Waals surface area contributed by atoms with Gasteiger partial charge >= 0.3 is 0 Å². The van der Waals surface area contributed by atoms with E-state index in [1.807, 2.05) is 12.1 Å². The first-order chi connectivity index (χ1) is 13.5. The molecule has 0 spiro atoms. The molecular formula is C21H22FN3O3. The van der Waals surface area contributed by atoms with Gasteiger partial charge in [-0.05, 0) is 67.1 Å². The van der Waals surface area contributed by atoms with Crippen LogP contribution in [-0.2, 0) is 12.8 Å². The summed E-state index contributed by atoms with van der Waals surface area (Å²) in [4.78, 5) is 0. The van der Waals surface area contributed by atoms with Crippen molar-refractivity contribution < 1.29 is 18.7 Å². The summed E-state index contributed by atoms with van der Waals surface area (Å²) in [6.07, 6.45) is 3.01. The van der Waals surface area contributed by atoms with Crippen LogP contribution in [0.2, 0.25) is 0 Å².